The van der Waals surface area contributed by atoms with Crippen molar-refractivity contribution in [2.24, 2.45) is 5.10 Å². The van der Waals surface area contributed by atoms with Crippen molar-refractivity contribution < 1.29 is 19.7 Å². The number of rotatable bonds is 5. The third-order valence-corrected chi connectivity index (χ3v) is 3.17. The Labute approximate surface area is 143 Å². The van der Waals surface area contributed by atoms with Gasteiger partial charge < -0.3 is 20.3 Å². The number of methoxy groups -OCH3 is 1. The number of phenolic OH excluding ortho intramolecular Hbond substituents is 1. The van der Waals surface area contributed by atoms with E-state index in [1.807, 2.05) is 0 Å². The number of anilines is 1. The van der Waals surface area contributed by atoms with Crippen LogP contribution in [0.4, 0.5) is 5.69 Å². The van der Waals surface area contributed by atoms with Crippen LogP contribution in [0.25, 0.3) is 0 Å². The molecular weight excluding hydrogens is 330 g/mol. The molecular formula is C16H15N3O4S. The van der Waals surface area contributed by atoms with Gasteiger partial charge in [0.25, 0.3) is 0 Å². The minimum absolute atomic E-state index is 0.0504. The fraction of sp³-hybridized carbons (Fsp3) is 0.0625. The SMILES string of the molecule is COc1ccc(O)c(C=NNC(=S)Nc2cccc(C(=O)O)c2)c1. The molecule has 0 radical (unpaired) electrons. The van der Waals surface area contributed by atoms with Crippen LogP contribution in [-0.2, 0) is 0 Å². The van der Waals surface area contributed by atoms with Crippen molar-refractivity contribution in [1.82, 2.24) is 5.43 Å². The average Bonchev–Trinajstić information content (AvgIpc) is 2.56. The Bertz CT molecular complexity index is 793. The lowest BCUT2D eigenvalue weighted by Gasteiger charge is -2.08. The summed E-state index contributed by atoms with van der Waals surface area (Å²) in [7, 11) is 1.52. The highest BCUT2D eigenvalue weighted by molar-refractivity contribution is 7.80. The number of aromatic carboxylic acids is 1. The zero-order chi connectivity index (χ0) is 17.5. The van der Waals surface area contributed by atoms with Crippen LogP contribution < -0.4 is 15.5 Å². The number of hydrogen-bond donors (Lipinski definition) is 4. The van der Waals surface area contributed by atoms with Gasteiger partial charge in [-0.3, -0.25) is 5.43 Å². The first-order valence-corrected chi connectivity index (χ1v) is 7.21. The van der Waals surface area contributed by atoms with Gasteiger partial charge in [0.15, 0.2) is 5.11 Å². The van der Waals surface area contributed by atoms with Crippen molar-refractivity contribution in [3.8, 4) is 11.5 Å². The lowest BCUT2D eigenvalue weighted by molar-refractivity contribution is 0.0697. The van der Waals surface area contributed by atoms with Crippen LogP contribution in [0.2, 0.25) is 0 Å². The number of aromatic hydroxyl groups is 1. The van der Waals surface area contributed by atoms with Crippen molar-refractivity contribution in [3.63, 3.8) is 0 Å². The number of hydrazone groups is 1. The first-order chi connectivity index (χ1) is 11.5. The third-order valence-electron chi connectivity index (χ3n) is 2.97. The number of carbonyl (C=O) groups is 1. The van der Waals surface area contributed by atoms with Gasteiger partial charge in [-0.25, -0.2) is 4.79 Å². The number of nitrogens with one attached hydrogen (secondary N) is 2. The molecule has 0 saturated heterocycles. The molecule has 0 aliphatic heterocycles. The van der Waals surface area contributed by atoms with E-state index in [4.69, 9.17) is 22.1 Å². The number of thiocarbonyl (C=S) groups is 1. The molecule has 8 heteroatoms. The second kappa shape index (κ2) is 7.93. The van der Waals surface area contributed by atoms with Crippen LogP contribution in [-0.4, -0.2) is 34.6 Å². The maximum atomic E-state index is 10.9. The molecule has 24 heavy (non-hydrogen) atoms. The van der Waals surface area contributed by atoms with Gasteiger partial charge in [0.2, 0.25) is 0 Å². The summed E-state index contributed by atoms with van der Waals surface area (Å²) in [6.45, 7) is 0. The molecule has 0 heterocycles. The Morgan fingerprint density at radius 2 is 2.08 bits per heavy atom. The lowest BCUT2D eigenvalue weighted by Crippen LogP contribution is -2.24. The Kier molecular flexibility index (Phi) is 5.69. The van der Waals surface area contributed by atoms with E-state index < -0.39 is 5.97 Å². The van der Waals surface area contributed by atoms with E-state index in [1.54, 1.807) is 24.3 Å². The van der Waals surface area contributed by atoms with E-state index in [2.05, 4.69) is 15.8 Å². The number of ether oxygens (including phenoxy) is 1. The standard InChI is InChI=1S/C16H15N3O4S/c1-23-13-5-6-14(20)11(8-13)9-17-19-16(24)18-12-4-2-3-10(7-12)15(21)22/h2-9,20H,1H3,(H,21,22)(H2,18,19,24). The predicted octanol–water partition coefficient (Wildman–Crippen LogP) is 2.42. The molecule has 0 saturated carbocycles. The van der Waals surface area contributed by atoms with Gasteiger partial charge in [0.05, 0.1) is 18.9 Å². The minimum atomic E-state index is -1.02. The summed E-state index contributed by atoms with van der Waals surface area (Å²) in [5.74, 6) is -0.390. The zero-order valence-electron chi connectivity index (χ0n) is 12.7. The smallest absolute Gasteiger partial charge is 0.335 e. The van der Waals surface area contributed by atoms with E-state index in [0.717, 1.165) is 0 Å². The Morgan fingerprint density at radius 3 is 2.79 bits per heavy atom. The van der Waals surface area contributed by atoms with Crippen molar-refractivity contribution in [1.29, 1.82) is 0 Å². The minimum Gasteiger partial charge on any atom is -0.507 e. The fourth-order valence-corrected chi connectivity index (χ4v) is 1.98. The van der Waals surface area contributed by atoms with Crippen LogP contribution in [0.3, 0.4) is 0 Å². The quantitative estimate of drug-likeness (QED) is 0.375. The zero-order valence-corrected chi connectivity index (χ0v) is 13.5. The Morgan fingerprint density at radius 1 is 1.29 bits per heavy atom. The molecule has 0 spiro atoms. The first-order valence-electron chi connectivity index (χ1n) is 6.80. The Hall–Kier alpha value is -3.13. The van der Waals surface area contributed by atoms with Crippen LogP contribution in [0.15, 0.2) is 47.6 Å². The van der Waals surface area contributed by atoms with Crippen molar-refractivity contribution in [3.05, 3.63) is 53.6 Å². The molecule has 4 N–H and O–H groups in total. The molecule has 7 nitrogen and oxygen atoms in total. The molecule has 0 atom stereocenters. The van der Waals surface area contributed by atoms with Crippen LogP contribution in [0.5, 0.6) is 11.5 Å². The first kappa shape index (κ1) is 17.2. The third kappa shape index (κ3) is 4.68. The number of phenols is 1. The monoisotopic (exact) mass is 345 g/mol. The fourth-order valence-electron chi connectivity index (χ4n) is 1.81. The number of carboxylic acid groups (broad SMARTS) is 1. The molecule has 0 aromatic heterocycles. The van der Waals surface area contributed by atoms with E-state index >= 15 is 0 Å². The van der Waals surface area contributed by atoms with Gasteiger partial charge in [0.1, 0.15) is 11.5 Å². The molecule has 0 unspecified atom stereocenters. The average molecular weight is 345 g/mol. The maximum absolute atomic E-state index is 10.9. The molecule has 0 amide bonds. The summed E-state index contributed by atoms with van der Waals surface area (Å²) in [5, 5.41) is 25.6. The topological polar surface area (TPSA) is 103 Å². The predicted molar refractivity (Wildman–Crippen MR) is 95.0 cm³/mol. The van der Waals surface area contributed by atoms with Gasteiger partial charge >= 0.3 is 5.97 Å². The van der Waals surface area contributed by atoms with Gasteiger partial charge in [-0.1, -0.05) is 6.07 Å². The van der Waals surface area contributed by atoms with Crippen LogP contribution in [0, 0.1) is 0 Å². The second-order valence-corrected chi connectivity index (χ2v) is 5.04. The number of carboxylic acids is 1. The molecule has 0 fully saturated rings. The highest BCUT2D eigenvalue weighted by Gasteiger charge is 2.04. The highest BCUT2D eigenvalue weighted by Crippen LogP contribution is 2.20. The molecule has 124 valence electrons. The maximum Gasteiger partial charge on any atom is 0.335 e. The number of benzene rings is 2. The largest absolute Gasteiger partial charge is 0.507 e. The van der Waals surface area contributed by atoms with E-state index in [1.165, 1.54) is 31.5 Å². The van der Waals surface area contributed by atoms with Crippen molar-refractivity contribution in [2.75, 3.05) is 12.4 Å². The molecule has 2 aromatic carbocycles. The summed E-state index contributed by atoms with van der Waals surface area (Å²) in [6.07, 6.45) is 1.39. The normalized spacial score (nSPS) is 10.4. The van der Waals surface area contributed by atoms with E-state index in [9.17, 15) is 9.90 Å². The van der Waals surface area contributed by atoms with Crippen molar-refractivity contribution >= 4 is 35.2 Å². The lowest BCUT2D eigenvalue weighted by atomic mass is 10.2. The van der Waals surface area contributed by atoms with Gasteiger partial charge in [0, 0.05) is 11.3 Å². The van der Waals surface area contributed by atoms with E-state index in [0.29, 0.717) is 17.0 Å². The van der Waals surface area contributed by atoms with Crippen molar-refractivity contribution in [2.45, 2.75) is 0 Å². The highest BCUT2D eigenvalue weighted by atomic mass is 32.1. The molecule has 0 aliphatic carbocycles. The molecule has 2 rings (SSSR count). The summed E-state index contributed by atoms with van der Waals surface area (Å²) >= 11 is 5.07. The molecule has 2 aromatic rings. The van der Waals surface area contributed by atoms with Crippen LogP contribution in [0.1, 0.15) is 15.9 Å². The number of hydrogen-bond acceptors (Lipinski definition) is 5. The summed E-state index contributed by atoms with van der Waals surface area (Å²) in [4.78, 5) is 10.9. The summed E-state index contributed by atoms with van der Waals surface area (Å²) in [5.41, 5.74) is 3.71. The second-order valence-electron chi connectivity index (χ2n) is 4.63. The van der Waals surface area contributed by atoms with Gasteiger partial charge in [-0.2, -0.15) is 5.10 Å². The van der Waals surface area contributed by atoms with Crippen LogP contribution >= 0.6 is 12.2 Å². The molecule has 0 aliphatic rings. The summed E-state index contributed by atoms with van der Waals surface area (Å²) < 4.78 is 5.07. The van der Waals surface area contributed by atoms with E-state index in [-0.39, 0.29) is 16.4 Å². The van der Waals surface area contributed by atoms with Gasteiger partial charge in [-0.05, 0) is 48.6 Å². The summed E-state index contributed by atoms with van der Waals surface area (Å²) in [6, 6.07) is 11.0. The number of nitrogens with zero attached hydrogens (tertiary/aromatic N) is 1. The molecule has 0 bridgehead atoms. The van der Waals surface area contributed by atoms with Gasteiger partial charge in [-0.15, -0.1) is 0 Å². The Balaban J connectivity index is 1.98.